The zero-order valence-corrected chi connectivity index (χ0v) is 18.5. The van der Waals surface area contributed by atoms with E-state index in [2.05, 4.69) is 112 Å². The predicted molar refractivity (Wildman–Crippen MR) is 132 cm³/mol. The van der Waals surface area contributed by atoms with Crippen molar-refractivity contribution >= 4 is 33.3 Å². The molecule has 0 fully saturated rings. The van der Waals surface area contributed by atoms with Gasteiger partial charge in [-0.25, -0.2) is 0 Å². The molecule has 4 aromatic carbocycles. The first-order valence-electron chi connectivity index (χ1n) is 10.8. The Labute approximate surface area is 183 Å². The maximum atomic E-state index is 6.13. The SMILES string of the molecule is CN(c1ccc2c(c1)oc1ccccc12)c1ccc(C(C)(C)C)cc1-c1ccccc1. The van der Waals surface area contributed by atoms with Crippen molar-refractivity contribution in [2.75, 3.05) is 11.9 Å². The van der Waals surface area contributed by atoms with Gasteiger partial charge in [0.2, 0.25) is 0 Å². The molecule has 5 aromatic rings. The van der Waals surface area contributed by atoms with Crippen LogP contribution in [0.25, 0.3) is 33.1 Å². The highest BCUT2D eigenvalue weighted by Gasteiger charge is 2.19. The molecule has 2 heteroatoms. The Morgan fingerprint density at radius 1 is 0.677 bits per heavy atom. The summed E-state index contributed by atoms with van der Waals surface area (Å²) in [7, 11) is 2.13. The summed E-state index contributed by atoms with van der Waals surface area (Å²) in [6.45, 7) is 6.78. The molecular weight excluding hydrogens is 378 g/mol. The molecule has 1 heterocycles. The van der Waals surface area contributed by atoms with Gasteiger partial charge in [0, 0.05) is 40.8 Å². The molecule has 0 saturated heterocycles. The molecule has 0 aliphatic heterocycles. The van der Waals surface area contributed by atoms with E-state index in [4.69, 9.17) is 4.42 Å². The third kappa shape index (κ3) is 3.48. The molecule has 0 saturated carbocycles. The van der Waals surface area contributed by atoms with Gasteiger partial charge in [0.05, 0.1) is 0 Å². The molecule has 0 aliphatic rings. The Kier molecular flexibility index (Phi) is 4.59. The number of furan rings is 1. The third-order valence-electron chi connectivity index (χ3n) is 6.06. The van der Waals surface area contributed by atoms with Crippen molar-refractivity contribution in [1.82, 2.24) is 0 Å². The minimum absolute atomic E-state index is 0.0911. The van der Waals surface area contributed by atoms with Crippen LogP contribution < -0.4 is 4.90 Å². The molecule has 31 heavy (non-hydrogen) atoms. The molecule has 5 rings (SSSR count). The van der Waals surface area contributed by atoms with Crippen molar-refractivity contribution < 1.29 is 4.42 Å². The monoisotopic (exact) mass is 405 g/mol. The fourth-order valence-electron chi connectivity index (χ4n) is 4.21. The lowest BCUT2D eigenvalue weighted by atomic mass is 9.85. The number of para-hydroxylation sites is 1. The predicted octanol–water partition coefficient (Wildman–Crippen LogP) is 8.32. The number of benzene rings is 4. The Hall–Kier alpha value is -3.52. The van der Waals surface area contributed by atoms with Crippen LogP contribution in [0.5, 0.6) is 0 Å². The van der Waals surface area contributed by atoms with Crippen molar-refractivity contribution in [3.8, 4) is 11.1 Å². The molecule has 0 unspecified atom stereocenters. The van der Waals surface area contributed by atoms with Gasteiger partial charge in [-0.05, 0) is 46.9 Å². The smallest absolute Gasteiger partial charge is 0.137 e. The van der Waals surface area contributed by atoms with E-state index in [1.807, 2.05) is 12.1 Å². The molecule has 0 spiro atoms. The van der Waals surface area contributed by atoms with Crippen LogP contribution >= 0.6 is 0 Å². The van der Waals surface area contributed by atoms with Gasteiger partial charge in [-0.2, -0.15) is 0 Å². The van der Waals surface area contributed by atoms with E-state index >= 15 is 0 Å². The third-order valence-corrected chi connectivity index (χ3v) is 6.06. The van der Waals surface area contributed by atoms with Gasteiger partial charge in [0.1, 0.15) is 11.2 Å². The summed E-state index contributed by atoms with van der Waals surface area (Å²) in [6.07, 6.45) is 0. The van der Waals surface area contributed by atoms with Crippen LogP contribution in [0.3, 0.4) is 0 Å². The lowest BCUT2D eigenvalue weighted by Crippen LogP contribution is -2.14. The van der Waals surface area contributed by atoms with Crippen molar-refractivity contribution in [3.63, 3.8) is 0 Å². The molecule has 0 radical (unpaired) electrons. The van der Waals surface area contributed by atoms with Crippen LogP contribution in [0.2, 0.25) is 0 Å². The second-order valence-corrected chi connectivity index (χ2v) is 9.19. The fourth-order valence-corrected chi connectivity index (χ4v) is 4.21. The summed E-state index contributed by atoms with van der Waals surface area (Å²) in [5.41, 5.74) is 8.00. The summed E-state index contributed by atoms with van der Waals surface area (Å²) in [5.74, 6) is 0. The first-order valence-corrected chi connectivity index (χ1v) is 10.8. The molecule has 0 bridgehead atoms. The van der Waals surface area contributed by atoms with Crippen LogP contribution in [0.4, 0.5) is 11.4 Å². The van der Waals surface area contributed by atoms with E-state index < -0.39 is 0 Å². The Bertz CT molecular complexity index is 1370. The largest absolute Gasteiger partial charge is 0.456 e. The van der Waals surface area contributed by atoms with Gasteiger partial charge >= 0.3 is 0 Å². The highest BCUT2D eigenvalue weighted by Crippen LogP contribution is 2.39. The maximum absolute atomic E-state index is 6.13. The number of hydrogen-bond donors (Lipinski definition) is 0. The minimum Gasteiger partial charge on any atom is -0.456 e. The molecule has 1 aromatic heterocycles. The number of rotatable bonds is 3. The fraction of sp³-hybridized carbons (Fsp3) is 0.172. The standard InChI is InChI=1S/C29H27NO/c1-29(2,3)21-14-17-26(25(18-21)20-10-6-5-7-11-20)30(4)22-15-16-24-23-12-8-9-13-27(23)31-28(24)19-22/h5-19H,1-4H3. The van der Waals surface area contributed by atoms with Gasteiger partial charge < -0.3 is 9.32 Å². The first kappa shape index (κ1) is 19.4. The maximum Gasteiger partial charge on any atom is 0.137 e. The lowest BCUT2D eigenvalue weighted by Gasteiger charge is -2.26. The molecule has 154 valence electrons. The van der Waals surface area contributed by atoms with Crippen molar-refractivity contribution in [1.29, 1.82) is 0 Å². The van der Waals surface area contributed by atoms with E-state index in [9.17, 15) is 0 Å². The number of hydrogen-bond acceptors (Lipinski definition) is 2. The van der Waals surface area contributed by atoms with Crippen LogP contribution in [0, 0.1) is 0 Å². The van der Waals surface area contributed by atoms with E-state index in [0.717, 1.165) is 27.6 Å². The van der Waals surface area contributed by atoms with Crippen LogP contribution in [-0.2, 0) is 5.41 Å². The highest BCUT2D eigenvalue weighted by molar-refractivity contribution is 6.05. The average molecular weight is 406 g/mol. The molecule has 0 atom stereocenters. The summed E-state index contributed by atoms with van der Waals surface area (Å²) in [5, 5.41) is 2.31. The van der Waals surface area contributed by atoms with E-state index in [0.29, 0.717) is 0 Å². The van der Waals surface area contributed by atoms with Crippen LogP contribution in [0.15, 0.2) is 95.4 Å². The average Bonchev–Trinajstić information content (AvgIpc) is 3.16. The summed E-state index contributed by atoms with van der Waals surface area (Å²) >= 11 is 0. The zero-order chi connectivity index (χ0) is 21.6. The van der Waals surface area contributed by atoms with Crippen LogP contribution in [-0.4, -0.2) is 7.05 Å². The van der Waals surface area contributed by atoms with Gasteiger partial charge in [-0.1, -0.05) is 75.4 Å². The number of nitrogens with zero attached hydrogens (tertiary/aromatic N) is 1. The lowest BCUT2D eigenvalue weighted by molar-refractivity contribution is 0.590. The highest BCUT2D eigenvalue weighted by atomic mass is 16.3. The van der Waals surface area contributed by atoms with Crippen molar-refractivity contribution in [2.45, 2.75) is 26.2 Å². The van der Waals surface area contributed by atoms with Gasteiger partial charge in [-0.15, -0.1) is 0 Å². The van der Waals surface area contributed by atoms with Gasteiger partial charge in [-0.3, -0.25) is 0 Å². The second-order valence-electron chi connectivity index (χ2n) is 9.19. The Morgan fingerprint density at radius 2 is 1.39 bits per heavy atom. The zero-order valence-electron chi connectivity index (χ0n) is 18.5. The summed E-state index contributed by atoms with van der Waals surface area (Å²) in [4.78, 5) is 2.25. The Morgan fingerprint density at radius 3 is 2.16 bits per heavy atom. The quantitative estimate of drug-likeness (QED) is 0.300. The van der Waals surface area contributed by atoms with E-state index in [1.165, 1.54) is 22.4 Å². The molecule has 0 aliphatic carbocycles. The number of fused-ring (bicyclic) bond motifs is 3. The van der Waals surface area contributed by atoms with Gasteiger partial charge in [0.15, 0.2) is 0 Å². The summed E-state index contributed by atoms with van der Waals surface area (Å²) in [6, 6.07) is 32.1. The summed E-state index contributed by atoms with van der Waals surface area (Å²) < 4.78 is 6.13. The number of anilines is 2. The van der Waals surface area contributed by atoms with E-state index in [-0.39, 0.29) is 5.41 Å². The van der Waals surface area contributed by atoms with Crippen molar-refractivity contribution in [2.24, 2.45) is 0 Å². The molecule has 2 nitrogen and oxygen atoms in total. The van der Waals surface area contributed by atoms with E-state index in [1.54, 1.807) is 0 Å². The molecular formula is C29H27NO. The van der Waals surface area contributed by atoms with Crippen molar-refractivity contribution in [3.05, 3.63) is 96.6 Å². The normalized spacial score (nSPS) is 11.9. The first-order chi connectivity index (χ1) is 14.9. The Balaban J connectivity index is 1.64. The topological polar surface area (TPSA) is 16.4 Å². The second kappa shape index (κ2) is 7.31. The molecule has 0 N–H and O–H groups in total. The van der Waals surface area contributed by atoms with Crippen LogP contribution in [0.1, 0.15) is 26.3 Å². The van der Waals surface area contributed by atoms with Gasteiger partial charge in [0.25, 0.3) is 0 Å². The molecule has 0 amide bonds. The minimum atomic E-state index is 0.0911.